The summed E-state index contributed by atoms with van der Waals surface area (Å²) in [5.74, 6) is -1.39. The van der Waals surface area contributed by atoms with E-state index in [4.69, 9.17) is 5.11 Å². The third-order valence-corrected chi connectivity index (χ3v) is 2.70. The molecule has 0 saturated carbocycles. The van der Waals surface area contributed by atoms with Gasteiger partial charge in [0, 0.05) is 31.7 Å². The van der Waals surface area contributed by atoms with E-state index < -0.39 is 5.97 Å². The molecule has 2 N–H and O–H groups in total. The molecule has 7 nitrogen and oxygen atoms in total. The van der Waals surface area contributed by atoms with Crippen LogP contribution in [0.4, 0.5) is 5.69 Å². The van der Waals surface area contributed by atoms with Gasteiger partial charge in [-0.25, -0.2) is 4.79 Å². The van der Waals surface area contributed by atoms with Crippen LogP contribution in [0, 0.1) is 6.92 Å². The molecule has 2 rings (SSSR count). The van der Waals surface area contributed by atoms with Crippen molar-refractivity contribution in [3.05, 3.63) is 47.6 Å². The number of nitrogens with zero attached hydrogens (tertiary/aromatic N) is 3. The lowest BCUT2D eigenvalue weighted by molar-refractivity contribution is -0.131. The second-order valence-corrected chi connectivity index (χ2v) is 4.43. The number of hydrogen-bond acceptors (Lipinski definition) is 4. The van der Waals surface area contributed by atoms with E-state index in [1.807, 2.05) is 0 Å². The first kappa shape index (κ1) is 14.4. The highest BCUT2D eigenvalue weighted by Crippen LogP contribution is 2.13. The van der Waals surface area contributed by atoms with Crippen LogP contribution in [-0.2, 0) is 11.8 Å². The Labute approximate surface area is 120 Å². The summed E-state index contributed by atoms with van der Waals surface area (Å²) in [5, 5.41) is 15.5. The van der Waals surface area contributed by atoms with Crippen LogP contribution in [0.3, 0.4) is 0 Å². The summed E-state index contributed by atoms with van der Waals surface area (Å²) in [4.78, 5) is 26.5. The predicted octanol–water partition coefficient (Wildman–Crippen LogP) is 1.47. The minimum absolute atomic E-state index is 0.329. The van der Waals surface area contributed by atoms with Crippen molar-refractivity contribution in [1.82, 2.24) is 14.8 Å². The zero-order valence-electron chi connectivity index (χ0n) is 11.6. The van der Waals surface area contributed by atoms with E-state index in [9.17, 15) is 9.59 Å². The fourth-order valence-electron chi connectivity index (χ4n) is 1.76. The Balaban J connectivity index is 2.18. The van der Waals surface area contributed by atoms with Crippen LogP contribution in [0.1, 0.15) is 21.6 Å². The Kier molecular flexibility index (Phi) is 4.13. The molecule has 2 aromatic rings. The third-order valence-electron chi connectivity index (χ3n) is 2.70. The standard InChI is InChI=1S/C14H14N4O3/c1-9-12(8-18(2)17-9)16-14(21)11-5-10(6-15-7-11)3-4-13(19)20/h3-8H,1-2H3,(H,16,21)(H,19,20)/b4-3+. The number of carboxylic acids is 1. The average Bonchev–Trinajstić information content (AvgIpc) is 2.75. The van der Waals surface area contributed by atoms with Crippen LogP contribution in [-0.4, -0.2) is 31.7 Å². The van der Waals surface area contributed by atoms with Crippen molar-refractivity contribution < 1.29 is 14.7 Å². The maximum absolute atomic E-state index is 12.1. The number of aliphatic carboxylic acids is 1. The highest BCUT2D eigenvalue weighted by atomic mass is 16.4. The van der Waals surface area contributed by atoms with Crippen LogP contribution in [0.15, 0.2) is 30.7 Å². The molecule has 1 amide bonds. The van der Waals surface area contributed by atoms with Gasteiger partial charge in [-0.15, -0.1) is 0 Å². The minimum Gasteiger partial charge on any atom is -0.478 e. The first-order valence-corrected chi connectivity index (χ1v) is 6.13. The van der Waals surface area contributed by atoms with E-state index in [0.717, 1.165) is 6.08 Å². The van der Waals surface area contributed by atoms with E-state index in [0.29, 0.717) is 22.5 Å². The van der Waals surface area contributed by atoms with Crippen LogP contribution < -0.4 is 5.32 Å². The lowest BCUT2D eigenvalue weighted by Crippen LogP contribution is -2.12. The zero-order chi connectivity index (χ0) is 15.4. The van der Waals surface area contributed by atoms with Gasteiger partial charge in [-0.05, 0) is 24.6 Å². The van der Waals surface area contributed by atoms with Gasteiger partial charge in [-0.3, -0.25) is 14.5 Å². The van der Waals surface area contributed by atoms with Crippen molar-refractivity contribution in [2.45, 2.75) is 6.92 Å². The van der Waals surface area contributed by atoms with Crippen molar-refractivity contribution in [3.63, 3.8) is 0 Å². The van der Waals surface area contributed by atoms with Gasteiger partial charge >= 0.3 is 5.97 Å². The molecule has 0 unspecified atom stereocenters. The Hall–Kier alpha value is -2.96. The Morgan fingerprint density at radius 3 is 2.76 bits per heavy atom. The number of anilines is 1. The summed E-state index contributed by atoms with van der Waals surface area (Å²) in [5.41, 5.74) is 2.20. The SMILES string of the molecule is Cc1nn(C)cc1NC(=O)c1cncc(/C=C/C(=O)O)c1. The molecular formula is C14H14N4O3. The highest BCUT2D eigenvalue weighted by molar-refractivity contribution is 6.04. The predicted molar refractivity (Wildman–Crippen MR) is 76.8 cm³/mol. The van der Waals surface area contributed by atoms with Crippen molar-refractivity contribution in [1.29, 1.82) is 0 Å². The molecule has 7 heteroatoms. The summed E-state index contributed by atoms with van der Waals surface area (Å²) in [6.45, 7) is 1.79. The van der Waals surface area contributed by atoms with Crippen molar-refractivity contribution in [2.75, 3.05) is 5.32 Å². The number of hydrogen-bond donors (Lipinski definition) is 2. The minimum atomic E-state index is -1.06. The molecule has 0 aliphatic heterocycles. The van der Waals surface area contributed by atoms with Crippen LogP contribution >= 0.6 is 0 Å². The first-order chi connectivity index (χ1) is 9.95. The average molecular weight is 286 g/mol. The van der Waals surface area contributed by atoms with E-state index >= 15 is 0 Å². The largest absolute Gasteiger partial charge is 0.478 e. The maximum atomic E-state index is 12.1. The second-order valence-electron chi connectivity index (χ2n) is 4.43. The summed E-state index contributed by atoms with van der Waals surface area (Å²) in [6.07, 6.45) is 6.96. The second kappa shape index (κ2) is 6.00. The quantitative estimate of drug-likeness (QED) is 0.830. The summed E-state index contributed by atoms with van der Waals surface area (Å²) in [6, 6.07) is 1.56. The van der Waals surface area contributed by atoms with Gasteiger partial charge in [0.1, 0.15) is 0 Å². The van der Waals surface area contributed by atoms with Gasteiger partial charge < -0.3 is 10.4 Å². The molecule has 0 atom stereocenters. The van der Waals surface area contributed by atoms with Gasteiger partial charge in [-0.1, -0.05) is 0 Å². The molecule has 2 heterocycles. The van der Waals surface area contributed by atoms with Gasteiger partial charge in [-0.2, -0.15) is 5.10 Å². The van der Waals surface area contributed by atoms with Crippen LogP contribution in [0.5, 0.6) is 0 Å². The summed E-state index contributed by atoms with van der Waals surface area (Å²) >= 11 is 0. The fraction of sp³-hybridized carbons (Fsp3) is 0.143. The summed E-state index contributed by atoms with van der Waals surface area (Å²) < 4.78 is 1.61. The van der Waals surface area contributed by atoms with E-state index in [-0.39, 0.29) is 5.91 Å². The fourth-order valence-corrected chi connectivity index (χ4v) is 1.76. The van der Waals surface area contributed by atoms with Crippen LogP contribution in [0.2, 0.25) is 0 Å². The number of carbonyl (C=O) groups is 2. The molecule has 0 spiro atoms. The lowest BCUT2D eigenvalue weighted by Gasteiger charge is -2.04. The van der Waals surface area contributed by atoms with Gasteiger partial charge in [0.05, 0.1) is 16.9 Å². The van der Waals surface area contributed by atoms with Gasteiger partial charge in [0.15, 0.2) is 0 Å². The van der Waals surface area contributed by atoms with E-state index in [2.05, 4.69) is 15.4 Å². The molecule has 2 aromatic heterocycles. The summed E-state index contributed by atoms with van der Waals surface area (Å²) in [7, 11) is 1.77. The normalized spacial score (nSPS) is 10.8. The monoisotopic (exact) mass is 286 g/mol. The number of nitrogens with one attached hydrogen (secondary N) is 1. The molecule has 0 aromatic carbocycles. The molecule has 0 aliphatic rings. The number of rotatable bonds is 4. The Morgan fingerprint density at radius 1 is 1.38 bits per heavy atom. The number of aryl methyl sites for hydroxylation is 2. The molecule has 21 heavy (non-hydrogen) atoms. The molecular weight excluding hydrogens is 272 g/mol. The van der Waals surface area contributed by atoms with Crippen molar-refractivity contribution in [3.8, 4) is 0 Å². The number of pyridine rings is 1. The molecule has 0 radical (unpaired) electrons. The highest BCUT2D eigenvalue weighted by Gasteiger charge is 2.10. The lowest BCUT2D eigenvalue weighted by atomic mass is 10.2. The Bertz CT molecular complexity index is 719. The van der Waals surface area contributed by atoms with Gasteiger partial charge in [0.25, 0.3) is 5.91 Å². The number of aromatic nitrogens is 3. The molecule has 0 saturated heterocycles. The number of carboxylic acid groups (broad SMARTS) is 1. The zero-order valence-corrected chi connectivity index (χ0v) is 11.6. The first-order valence-electron chi connectivity index (χ1n) is 6.13. The number of amides is 1. The van der Waals surface area contributed by atoms with Gasteiger partial charge in [0.2, 0.25) is 0 Å². The topological polar surface area (TPSA) is 97.1 Å². The molecule has 0 aliphatic carbocycles. The molecule has 0 fully saturated rings. The molecule has 108 valence electrons. The number of carbonyl (C=O) groups excluding carboxylic acids is 1. The van der Waals surface area contributed by atoms with E-state index in [1.165, 1.54) is 18.5 Å². The van der Waals surface area contributed by atoms with Crippen molar-refractivity contribution >= 4 is 23.6 Å². The maximum Gasteiger partial charge on any atom is 0.328 e. The van der Waals surface area contributed by atoms with Crippen LogP contribution in [0.25, 0.3) is 6.08 Å². The molecule has 0 bridgehead atoms. The van der Waals surface area contributed by atoms with E-state index in [1.54, 1.807) is 30.9 Å². The van der Waals surface area contributed by atoms with Crippen molar-refractivity contribution in [2.24, 2.45) is 7.05 Å². The third kappa shape index (κ3) is 3.75. The smallest absolute Gasteiger partial charge is 0.328 e. The Morgan fingerprint density at radius 2 is 2.14 bits per heavy atom.